The number of carbonyl (C=O) groups excluding carboxylic acids is 3. The maximum Gasteiger partial charge on any atom is 0.252 e. The largest absolute Gasteiger partial charge is 0.497 e. The fourth-order valence-corrected chi connectivity index (χ4v) is 5.90. The van der Waals surface area contributed by atoms with Crippen LogP contribution in [0.4, 0.5) is 0 Å². The zero-order valence-corrected chi connectivity index (χ0v) is 19.1. The fraction of sp³-hybridized carbons (Fsp3) is 0.625. The number of aliphatic hydroxyl groups is 1. The average molecular weight is 457 g/mol. The molecule has 4 heterocycles. The molecular weight excluding hydrogens is 424 g/mol. The molecule has 4 aliphatic heterocycles. The highest BCUT2D eigenvalue weighted by molar-refractivity contribution is 6.06. The molecule has 9 nitrogen and oxygen atoms in total. The molecule has 1 aromatic carbocycles. The molecule has 0 bridgehead atoms. The summed E-state index contributed by atoms with van der Waals surface area (Å²) in [6, 6.07) is 7.43. The number of carbonyl (C=O) groups is 3. The van der Waals surface area contributed by atoms with Gasteiger partial charge in [-0.2, -0.15) is 0 Å². The van der Waals surface area contributed by atoms with Crippen LogP contribution in [0.3, 0.4) is 0 Å². The number of likely N-dealkylation sites (tertiary alicyclic amines) is 2. The zero-order valence-electron chi connectivity index (χ0n) is 19.1. The molecule has 4 saturated heterocycles. The van der Waals surface area contributed by atoms with E-state index in [0.29, 0.717) is 58.5 Å². The number of benzene rings is 1. The number of aliphatic hydroxyl groups excluding tert-OH is 1. The van der Waals surface area contributed by atoms with Crippen molar-refractivity contribution in [2.45, 2.75) is 49.9 Å². The summed E-state index contributed by atoms with van der Waals surface area (Å²) in [5.41, 5.74) is 0.340. The predicted molar refractivity (Wildman–Crippen MR) is 119 cm³/mol. The SMILES string of the molecule is COc1cccc(CN2CC3(C2)C(=O)N(CCCN2CCCC2=O)C(=O)[C@@H]2C[C@@H](O)CN23)c1. The minimum absolute atomic E-state index is 0.153. The van der Waals surface area contributed by atoms with Crippen molar-refractivity contribution in [3.8, 4) is 5.75 Å². The minimum Gasteiger partial charge on any atom is -0.497 e. The van der Waals surface area contributed by atoms with Crippen LogP contribution >= 0.6 is 0 Å². The lowest BCUT2D eigenvalue weighted by atomic mass is 9.82. The number of fused-ring (bicyclic) bond motifs is 2. The smallest absolute Gasteiger partial charge is 0.252 e. The number of imide groups is 1. The lowest BCUT2D eigenvalue weighted by Crippen LogP contribution is -2.81. The van der Waals surface area contributed by atoms with Gasteiger partial charge in [-0.1, -0.05) is 12.1 Å². The topological polar surface area (TPSA) is 93.6 Å². The van der Waals surface area contributed by atoms with Crippen LogP contribution in [-0.4, -0.2) is 106 Å². The van der Waals surface area contributed by atoms with E-state index in [1.54, 1.807) is 7.11 Å². The number of piperazine rings is 1. The van der Waals surface area contributed by atoms with E-state index in [1.807, 2.05) is 34.1 Å². The van der Waals surface area contributed by atoms with Crippen molar-refractivity contribution in [1.82, 2.24) is 19.6 Å². The minimum atomic E-state index is -0.765. The molecule has 2 atom stereocenters. The van der Waals surface area contributed by atoms with E-state index in [2.05, 4.69) is 4.90 Å². The van der Waals surface area contributed by atoms with Gasteiger partial charge in [0.2, 0.25) is 11.8 Å². The highest BCUT2D eigenvalue weighted by Crippen LogP contribution is 2.41. The fourth-order valence-electron chi connectivity index (χ4n) is 5.90. The summed E-state index contributed by atoms with van der Waals surface area (Å²) in [6.07, 6.45) is 1.82. The normalized spacial score (nSPS) is 27.4. The molecule has 0 saturated carbocycles. The second-order valence-electron chi connectivity index (χ2n) is 9.72. The Bertz CT molecular complexity index is 947. The van der Waals surface area contributed by atoms with Gasteiger partial charge in [0.25, 0.3) is 5.91 Å². The lowest BCUT2D eigenvalue weighted by molar-refractivity contribution is -0.180. The first-order valence-corrected chi connectivity index (χ1v) is 11.8. The molecule has 0 aromatic heterocycles. The van der Waals surface area contributed by atoms with Gasteiger partial charge in [-0.25, -0.2) is 0 Å². The summed E-state index contributed by atoms with van der Waals surface area (Å²) in [7, 11) is 1.64. The second kappa shape index (κ2) is 8.70. The number of amides is 3. The number of rotatable bonds is 7. The lowest BCUT2D eigenvalue weighted by Gasteiger charge is -2.58. The van der Waals surface area contributed by atoms with Crippen molar-refractivity contribution >= 4 is 17.7 Å². The number of hydrogen-bond acceptors (Lipinski definition) is 7. The van der Waals surface area contributed by atoms with Gasteiger partial charge in [-0.15, -0.1) is 0 Å². The Balaban J connectivity index is 1.28. The molecule has 3 amide bonds. The highest BCUT2D eigenvalue weighted by Gasteiger charge is 2.64. The van der Waals surface area contributed by atoms with Crippen LogP contribution in [0.2, 0.25) is 0 Å². The second-order valence-corrected chi connectivity index (χ2v) is 9.72. The maximum atomic E-state index is 13.6. The van der Waals surface area contributed by atoms with Gasteiger partial charge in [0.15, 0.2) is 0 Å². The van der Waals surface area contributed by atoms with E-state index < -0.39 is 17.7 Å². The summed E-state index contributed by atoms with van der Waals surface area (Å²) >= 11 is 0. The van der Waals surface area contributed by atoms with Crippen molar-refractivity contribution in [3.63, 3.8) is 0 Å². The van der Waals surface area contributed by atoms with Crippen LogP contribution in [0.25, 0.3) is 0 Å². The van der Waals surface area contributed by atoms with Gasteiger partial charge in [-0.05, 0) is 37.0 Å². The summed E-state index contributed by atoms with van der Waals surface area (Å²) < 4.78 is 5.31. The van der Waals surface area contributed by atoms with Crippen LogP contribution < -0.4 is 4.74 Å². The number of methoxy groups -OCH3 is 1. The van der Waals surface area contributed by atoms with Gasteiger partial charge < -0.3 is 14.7 Å². The zero-order chi connectivity index (χ0) is 23.2. The van der Waals surface area contributed by atoms with Gasteiger partial charge in [0.05, 0.1) is 19.3 Å². The third-order valence-electron chi connectivity index (χ3n) is 7.51. The monoisotopic (exact) mass is 456 g/mol. The Morgan fingerprint density at radius 3 is 2.73 bits per heavy atom. The van der Waals surface area contributed by atoms with Crippen molar-refractivity contribution in [1.29, 1.82) is 0 Å². The Kier molecular flexibility index (Phi) is 5.88. The molecule has 5 rings (SSSR count). The third kappa shape index (κ3) is 3.92. The molecule has 0 aliphatic carbocycles. The van der Waals surface area contributed by atoms with Crippen LogP contribution in [0.5, 0.6) is 5.75 Å². The quantitative estimate of drug-likeness (QED) is 0.580. The molecule has 178 valence electrons. The molecule has 33 heavy (non-hydrogen) atoms. The van der Waals surface area contributed by atoms with Crippen molar-refractivity contribution in [2.24, 2.45) is 0 Å². The van der Waals surface area contributed by atoms with E-state index >= 15 is 0 Å². The number of β-amino-alcohol motifs (C(OH)–C–C–N with tert-alkyl or cyclic N) is 1. The Hall–Kier alpha value is -2.49. The van der Waals surface area contributed by atoms with Crippen molar-refractivity contribution in [3.05, 3.63) is 29.8 Å². The Morgan fingerprint density at radius 1 is 1.18 bits per heavy atom. The first-order valence-electron chi connectivity index (χ1n) is 11.8. The van der Waals surface area contributed by atoms with E-state index in [9.17, 15) is 19.5 Å². The van der Waals surface area contributed by atoms with E-state index in [4.69, 9.17) is 4.74 Å². The molecule has 0 radical (unpaired) electrons. The Labute approximate surface area is 193 Å². The molecule has 9 heteroatoms. The van der Waals surface area contributed by atoms with Crippen LogP contribution in [0.1, 0.15) is 31.2 Å². The van der Waals surface area contributed by atoms with Gasteiger partial charge >= 0.3 is 0 Å². The molecule has 4 fully saturated rings. The Morgan fingerprint density at radius 2 is 2.00 bits per heavy atom. The summed E-state index contributed by atoms with van der Waals surface area (Å²) in [4.78, 5) is 46.1. The maximum absolute atomic E-state index is 13.6. The number of ether oxygens (including phenoxy) is 1. The van der Waals surface area contributed by atoms with Crippen LogP contribution in [0.15, 0.2) is 24.3 Å². The van der Waals surface area contributed by atoms with E-state index in [-0.39, 0.29) is 17.7 Å². The van der Waals surface area contributed by atoms with Gasteiger partial charge in [-0.3, -0.25) is 29.1 Å². The first-order chi connectivity index (χ1) is 15.9. The van der Waals surface area contributed by atoms with Crippen molar-refractivity contribution in [2.75, 3.05) is 46.4 Å². The number of nitrogens with zero attached hydrogens (tertiary/aromatic N) is 4. The molecule has 1 N–H and O–H groups in total. The summed E-state index contributed by atoms with van der Waals surface area (Å²) in [5.74, 6) is 0.584. The van der Waals surface area contributed by atoms with Crippen molar-refractivity contribution < 1.29 is 24.2 Å². The summed E-state index contributed by atoms with van der Waals surface area (Å²) in [6.45, 7) is 3.75. The molecule has 1 spiro atoms. The molecule has 4 aliphatic rings. The molecule has 0 unspecified atom stereocenters. The number of hydrogen-bond donors (Lipinski definition) is 1. The highest BCUT2D eigenvalue weighted by atomic mass is 16.5. The third-order valence-corrected chi connectivity index (χ3v) is 7.51. The first kappa shape index (κ1) is 22.3. The van der Waals surface area contributed by atoms with Crippen LogP contribution in [-0.2, 0) is 20.9 Å². The van der Waals surface area contributed by atoms with Gasteiger partial charge in [0, 0.05) is 52.2 Å². The molecular formula is C24H32N4O5. The molecule has 1 aromatic rings. The summed E-state index contributed by atoms with van der Waals surface area (Å²) in [5, 5.41) is 10.3. The van der Waals surface area contributed by atoms with Gasteiger partial charge in [0.1, 0.15) is 11.3 Å². The predicted octanol–water partition coefficient (Wildman–Crippen LogP) is 0.0661. The van der Waals surface area contributed by atoms with Crippen LogP contribution in [0, 0.1) is 0 Å². The average Bonchev–Trinajstić information content (AvgIpc) is 3.37. The van der Waals surface area contributed by atoms with E-state index in [0.717, 1.165) is 24.3 Å². The van der Waals surface area contributed by atoms with E-state index in [1.165, 1.54) is 4.90 Å². The standard InChI is InChI=1S/C24H32N4O5/c1-33-19-6-2-5-17(11-19)13-25-15-24(16-25)23(32)27(10-4-9-26-8-3-7-21(26)30)22(31)20-12-18(29)14-28(20)24/h2,5-6,11,18,20,29H,3-4,7-10,12-16H2,1H3/t18-,20+/m1/s1.